The molecule has 0 aliphatic carbocycles. The number of hydrogen-bond donors (Lipinski definition) is 1. The van der Waals surface area contributed by atoms with Gasteiger partial charge < -0.3 is 14.7 Å². The van der Waals surface area contributed by atoms with Gasteiger partial charge >= 0.3 is 0 Å². The van der Waals surface area contributed by atoms with E-state index in [2.05, 4.69) is 0 Å². The second kappa shape index (κ2) is 9.28. The van der Waals surface area contributed by atoms with Gasteiger partial charge in [-0.2, -0.15) is 0 Å². The summed E-state index contributed by atoms with van der Waals surface area (Å²) in [6.07, 6.45) is 1.61. The van der Waals surface area contributed by atoms with Crippen molar-refractivity contribution in [2.45, 2.75) is 32.7 Å². The second-order valence-corrected chi connectivity index (χ2v) is 8.65. The van der Waals surface area contributed by atoms with Gasteiger partial charge in [-0.25, -0.2) is 0 Å². The molecule has 3 aromatic rings. The largest absolute Gasteiger partial charge is 0.507 e. The molecule has 1 unspecified atom stereocenters. The molecule has 1 aliphatic heterocycles. The highest BCUT2D eigenvalue weighted by Gasteiger charge is 2.46. The van der Waals surface area contributed by atoms with Crippen LogP contribution in [0.5, 0.6) is 5.75 Å². The number of aliphatic hydroxyl groups excluding tert-OH is 1. The Morgan fingerprint density at radius 1 is 1.12 bits per heavy atom. The van der Waals surface area contributed by atoms with E-state index < -0.39 is 17.7 Å². The molecule has 0 radical (unpaired) electrons. The first-order valence-electron chi connectivity index (χ1n) is 11.0. The predicted octanol–water partition coefficient (Wildman–Crippen LogP) is 6.03. The van der Waals surface area contributed by atoms with Crippen LogP contribution in [0.4, 0.5) is 0 Å². The van der Waals surface area contributed by atoms with Crippen LogP contribution in [0.2, 0.25) is 5.02 Å². The molecule has 0 bridgehead atoms. The maximum atomic E-state index is 13.3. The van der Waals surface area contributed by atoms with E-state index in [9.17, 15) is 14.7 Å². The number of nitrogens with zero attached hydrogens (tertiary/aromatic N) is 1. The van der Waals surface area contributed by atoms with Gasteiger partial charge in [0.1, 0.15) is 11.5 Å². The fourth-order valence-electron chi connectivity index (χ4n) is 4.51. The minimum absolute atomic E-state index is 0.0485. The number of fused-ring (bicyclic) bond motifs is 1. The van der Waals surface area contributed by atoms with Gasteiger partial charge in [0.25, 0.3) is 11.7 Å². The fourth-order valence-corrected chi connectivity index (χ4v) is 4.86. The van der Waals surface area contributed by atoms with Crippen molar-refractivity contribution in [1.29, 1.82) is 0 Å². The highest BCUT2D eigenvalue weighted by molar-refractivity contribution is 6.46. The predicted molar refractivity (Wildman–Crippen MR) is 131 cm³/mol. The molecular weight excluding hydrogens is 438 g/mol. The van der Waals surface area contributed by atoms with Crippen LogP contribution in [0.15, 0.2) is 60.2 Å². The smallest absolute Gasteiger partial charge is 0.295 e. The summed E-state index contributed by atoms with van der Waals surface area (Å²) in [4.78, 5) is 28.0. The summed E-state index contributed by atoms with van der Waals surface area (Å²) >= 11 is 6.36. The topological polar surface area (TPSA) is 66.8 Å². The van der Waals surface area contributed by atoms with Gasteiger partial charge in [-0.05, 0) is 47.4 Å². The van der Waals surface area contributed by atoms with Crippen LogP contribution in [0.25, 0.3) is 16.5 Å². The average molecular weight is 464 g/mol. The quantitative estimate of drug-likeness (QED) is 0.275. The Morgan fingerprint density at radius 2 is 1.85 bits per heavy atom. The third-order valence-electron chi connectivity index (χ3n) is 6.06. The van der Waals surface area contributed by atoms with Crippen molar-refractivity contribution in [3.63, 3.8) is 0 Å². The SMILES string of the molecule is CCCCN1C(=O)C(=O)/C(=C(/O)c2cc(C)cc(Cl)c2OC)C1c1cccc2ccccc12. The molecule has 4 rings (SSSR count). The number of benzene rings is 3. The minimum atomic E-state index is -0.716. The number of amides is 1. The number of likely N-dealkylation sites (tertiary alicyclic amines) is 1. The normalized spacial score (nSPS) is 17.7. The van der Waals surface area contributed by atoms with Gasteiger partial charge in [0, 0.05) is 6.54 Å². The second-order valence-electron chi connectivity index (χ2n) is 8.24. The minimum Gasteiger partial charge on any atom is -0.507 e. The first-order valence-corrected chi connectivity index (χ1v) is 11.4. The fraction of sp³-hybridized carbons (Fsp3) is 0.259. The lowest BCUT2D eigenvalue weighted by molar-refractivity contribution is -0.139. The van der Waals surface area contributed by atoms with Crippen molar-refractivity contribution in [3.05, 3.63) is 81.9 Å². The van der Waals surface area contributed by atoms with E-state index in [0.717, 1.165) is 34.7 Å². The van der Waals surface area contributed by atoms with Crippen molar-refractivity contribution in [2.24, 2.45) is 0 Å². The summed E-state index contributed by atoms with van der Waals surface area (Å²) in [6.45, 7) is 4.28. The number of unbranched alkanes of at least 4 members (excludes halogenated alkanes) is 1. The maximum Gasteiger partial charge on any atom is 0.295 e. The lowest BCUT2D eigenvalue weighted by atomic mass is 9.91. The summed E-state index contributed by atoms with van der Waals surface area (Å²) in [5, 5.41) is 13.7. The van der Waals surface area contributed by atoms with Gasteiger partial charge in [0.05, 0.1) is 29.3 Å². The zero-order chi connectivity index (χ0) is 23.7. The number of methoxy groups -OCH3 is 1. The summed E-state index contributed by atoms with van der Waals surface area (Å²) in [5.41, 5.74) is 1.93. The molecule has 170 valence electrons. The number of carbonyl (C=O) groups is 2. The molecule has 1 fully saturated rings. The van der Waals surface area contributed by atoms with Crippen LogP contribution in [-0.4, -0.2) is 35.4 Å². The molecule has 1 aliphatic rings. The van der Waals surface area contributed by atoms with Crippen molar-refractivity contribution < 1.29 is 19.4 Å². The summed E-state index contributed by atoms with van der Waals surface area (Å²) in [6, 6.07) is 16.3. The lowest BCUT2D eigenvalue weighted by Gasteiger charge is -2.26. The van der Waals surface area contributed by atoms with E-state index in [1.807, 2.05) is 56.3 Å². The van der Waals surface area contributed by atoms with Gasteiger partial charge in [-0.15, -0.1) is 0 Å². The van der Waals surface area contributed by atoms with E-state index >= 15 is 0 Å². The molecule has 1 atom stereocenters. The summed E-state index contributed by atoms with van der Waals surface area (Å²) < 4.78 is 5.44. The first kappa shape index (κ1) is 22.9. The first-order chi connectivity index (χ1) is 15.9. The lowest BCUT2D eigenvalue weighted by Crippen LogP contribution is -2.30. The zero-order valence-electron chi connectivity index (χ0n) is 18.9. The summed E-state index contributed by atoms with van der Waals surface area (Å²) in [5.74, 6) is -1.34. The van der Waals surface area contributed by atoms with Gasteiger partial charge in [0.15, 0.2) is 0 Å². The molecule has 6 heteroatoms. The van der Waals surface area contributed by atoms with Gasteiger partial charge in [-0.3, -0.25) is 9.59 Å². The number of carbonyl (C=O) groups excluding carboxylic acids is 2. The van der Waals surface area contributed by atoms with Crippen LogP contribution in [0, 0.1) is 6.92 Å². The Hall–Kier alpha value is -3.31. The molecular formula is C27H26ClNO4. The van der Waals surface area contributed by atoms with Crippen molar-refractivity contribution in [2.75, 3.05) is 13.7 Å². The number of aliphatic hydroxyl groups is 1. The van der Waals surface area contributed by atoms with E-state index in [1.165, 1.54) is 7.11 Å². The third kappa shape index (κ3) is 3.98. The Bertz CT molecular complexity index is 1280. The number of ether oxygens (including phenoxy) is 1. The number of aryl methyl sites for hydroxylation is 1. The van der Waals surface area contributed by atoms with E-state index in [-0.39, 0.29) is 17.1 Å². The standard InChI is InChI=1S/C27H26ClNO4/c1-4-5-13-29-23(19-12-8-10-17-9-6-7-11-18(17)19)22(25(31)27(29)32)24(30)20-14-16(2)15-21(28)26(20)33-3/h6-12,14-15,23,30H,4-5,13H2,1-3H3/b24-22+. The molecule has 1 heterocycles. The molecule has 5 nitrogen and oxygen atoms in total. The summed E-state index contributed by atoms with van der Waals surface area (Å²) in [7, 11) is 1.45. The Morgan fingerprint density at radius 3 is 2.58 bits per heavy atom. The molecule has 33 heavy (non-hydrogen) atoms. The maximum absolute atomic E-state index is 13.3. The van der Waals surface area contributed by atoms with Crippen molar-refractivity contribution in [1.82, 2.24) is 4.90 Å². The van der Waals surface area contributed by atoms with Crippen molar-refractivity contribution in [3.8, 4) is 5.75 Å². The third-order valence-corrected chi connectivity index (χ3v) is 6.34. The van der Waals surface area contributed by atoms with Crippen molar-refractivity contribution >= 4 is 39.8 Å². The number of rotatable bonds is 6. The zero-order valence-corrected chi connectivity index (χ0v) is 19.6. The van der Waals surface area contributed by atoms with Gasteiger partial charge in [-0.1, -0.05) is 67.4 Å². The van der Waals surface area contributed by atoms with Crippen LogP contribution in [-0.2, 0) is 9.59 Å². The highest BCUT2D eigenvalue weighted by atomic mass is 35.5. The average Bonchev–Trinajstić information content (AvgIpc) is 3.06. The Labute approximate surface area is 198 Å². The Balaban J connectivity index is 2.01. The van der Waals surface area contributed by atoms with Crippen LogP contribution in [0.3, 0.4) is 0 Å². The number of halogens is 1. The molecule has 1 amide bonds. The number of hydrogen-bond acceptors (Lipinski definition) is 4. The highest BCUT2D eigenvalue weighted by Crippen LogP contribution is 2.44. The Kier molecular flexibility index (Phi) is 6.43. The van der Waals surface area contributed by atoms with Crippen LogP contribution < -0.4 is 4.74 Å². The molecule has 1 N–H and O–H groups in total. The van der Waals surface area contributed by atoms with E-state index in [4.69, 9.17) is 16.3 Å². The molecule has 3 aromatic carbocycles. The van der Waals surface area contributed by atoms with Gasteiger partial charge in [0.2, 0.25) is 0 Å². The molecule has 1 saturated heterocycles. The van der Waals surface area contributed by atoms with Crippen LogP contribution in [0.1, 0.15) is 42.5 Å². The number of ketones is 1. The molecule has 0 saturated carbocycles. The van der Waals surface area contributed by atoms with E-state index in [1.54, 1.807) is 17.0 Å². The number of Topliss-reactive ketones (excluding diaryl/α,β-unsaturated/α-hetero) is 1. The molecule has 0 spiro atoms. The molecule has 0 aromatic heterocycles. The monoisotopic (exact) mass is 463 g/mol. The van der Waals surface area contributed by atoms with Crippen LogP contribution >= 0.6 is 11.6 Å². The van der Waals surface area contributed by atoms with E-state index in [0.29, 0.717) is 17.1 Å².